The summed E-state index contributed by atoms with van der Waals surface area (Å²) in [7, 11) is 0. The molecule has 0 unspecified atom stereocenters. The zero-order chi connectivity index (χ0) is 15.1. The Labute approximate surface area is 105 Å². The Morgan fingerprint density at radius 3 is 2.16 bits per heavy atom. The summed E-state index contributed by atoms with van der Waals surface area (Å²) >= 11 is 0. The van der Waals surface area contributed by atoms with E-state index in [1.165, 1.54) is 0 Å². The van der Waals surface area contributed by atoms with Gasteiger partial charge in [0.05, 0.1) is 13.1 Å². The molecule has 19 heavy (non-hydrogen) atoms. The molecule has 0 rings (SSSR count). The Balaban J connectivity index is 4.10. The van der Waals surface area contributed by atoms with Gasteiger partial charge in [0, 0.05) is 6.42 Å². The van der Waals surface area contributed by atoms with Crippen LogP contribution in [0, 0.1) is 0 Å². The second-order valence-corrected chi connectivity index (χ2v) is 3.61. The molecule has 0 bridgehead atoms. The molecule has 7 nitrogen and oxygen atoms in total. The van der Waals surface area contributed by atoms with Crippen LogP contribution in [-0.2, 0) is 14.4 Å². The zero-order valence-corrected chi connectivity index (χ0v) is 9.66. The number of hydrogen-bond acceptors (Lipinski definition) is 4. The van der Waals surface area contributed by atoms with Crippen molar-refractivity contribution in [3.63, 3.8) is 0 Å². The fourth-order valence-electron chi connectivity index (χ4n) is 1.09. The molecule has 0 aliphatic heterocycles. The third kappa shape index (κ3) is 9.83. The number of hydrogen-bond donors (Lipinski definition) is 4. The minimum atomic E-state index is -4.48. The molecule has 4 N–H and O–H groups in total. The minimum Gasteiger partial charge on any atom is -0.481 e. The van der Waals surface area contributed by atoms with Crippen molar-refractivity contribution in [2.45, 2.75) is 25.1 Å². The number of carboxylic acids is 2. The van der Waals surface area contributed by atoms with Crippen LogP contribution in [0.3, 0.4) is 0 Å². The smallest absolute Gasteiger partial charge is 0.401 e. The van der Waals surface area contributed by atoms with Gasteiger partial charge in [-0.3, -0.25) is 9.59 Å². The van der Waals surface area contributed by atoms with Crippen LogP contribution in [-0.4, -0.2) is 53.4 Å². The molecular formula is C9H13F3N2O5. The second-order valence-electron chi connectivity index (χ2n) is 3.61. The van der Waals surface area contributed by atoms with Gasteiger partial charge in [0.1, 0.15) is 6.04 Å². The third-order valence-electron chi connectivity index (χ3n) is 1.89. The SMILES string of the molecule is O=C(O)CC[C@H](NC(=O)CNCC(F)(F)F)C(=O)O. The van der Waals surface area contributed by atoms with Crippen molar-refractivity contribution in [3.05, 3.63) is 0 Å². The van der Waals surface area contributed by atoms with Gasteiger partial charge in [0.15, 0.2) is 0 Å². The third-order valence-corrected chi connectivity index (χ3v) is 1.89. The number of rotatable bonds is 8. The van der Waals surface area contributed by atoms with Gasteiger partial charge in [0.25, 0.3) is 0 Å². The van der Waals surface area contributed by atoms with Gasteiger partial charge in [0.2, 0.25) is 5.91 Å². The molecule has 0 fully saturated rings. The fourth-order valence-corrected chi connectivity index (χ4v) is 1.09. The highest BCUT2D eigenvalue weighted by Crippen LogP contribution is 2.11. The van der Waals surface area contributed by atoms with E-state index in [4.69, 9.17) is 10.2 Å². The summed E-state index contributed by atoms with van der Waals surface area (Å²) in [6, 6.07) is -1.45. The molecule has 0 spiro atoms. The molecule has 0 aliphatic carbocycles. The van der Waals surface area contributed by atoms with Gasteiger partial charge in [-0.2, -0.15) is 13.2 Å². The van der Waals surface area contributed by atoms with E-state index in [1.54, 1.807) is 5.32 Å². The molecule has 0 aromatic carbocycles. The number of aliphatic carboxylic acids is 2. The van der Waals surface area contributed by atoms with Crippen molar-refractivity contribution < 1.29 is 37.8 Å². The largest absolute Gasteiger partial charge is 0.481 e. The molecule has 1 amide bonds. The summed E-state index contributed by atoms with van der Waals surface area (Å²) in [4.78, 5) is 32.1. The van der Waals surface area contributed by atoms with E-state index in [1.807, 2.05) is 5.32 Å². The maximum absolute atomic E-state index is 11.8. The molecule has 0 saturated heterocycles. The normalized spacial score (nSPS) is 12.8. The average molecular weight is 286 g/mol. The van der Waals surface area contributed by atoms with Gasteiger partial charge >= 0.3 is 18.1 Å². The van der Waals surface area contributed by atoms with E-state index in [0.717, 1.165) is 0 Å². The van der Waals surface area contributed by atoms with E-state index in [2.05, 4.69) is 0 Å². The topological polar surface area (TPSA) is 116 Å². The van der Waals surface area contributed by atoms with Crippen LogP contribution in [0.25, 0.3) is 0 Å². The lowest BCUT2D eigenvalue weighted by molar-refractivity contribution is -0.143. The number of carbonyl (C=O) groups is 3. The van der Waals surface area contributed by atoms with E-state index in [0.29, 0.717) is 0 Å². The summed E-state index contributed by atoms with van der Waals surface area (Å²) in [5.41, 5.74) is 0. The molecule has 110 valence electrons. The summed E-state index contributed by atoms with van der Waals surface area (Å²) < 4.78 is 35.3. The first kappa shape index (κ1) is 17.2. The van der Waals surface area contributed by atoms with Gasteiger partial charge in [-0.05, 0) is 6.42 Å². The minimum absolute atomic E-state index is 0.352. The highest BCUT2D eigenvalue weighted by atomic mass is 19.4. The molecule has 10 heteroatoms. The van der Waals surface area contributed by atoms with Crippen LogP contribution in [0.15, 0.2) is 0 Å². The number of amides is 1. The Morgan fingerprint density at radius 1 is 1.16 bits per heavy atom. The number of nitrogens with one attached hydrogen (secondary N) is 2. The Bertz CT molecular complexity index is 345. The number of alkyl halides is 3. The van der Waals surface area contributed by atoms with Crippen LogP contribution in [0.4, 0.5) is 13.2 Å². The van der Waals surface area contributed by atoms with Crippen molar-refractivity contribution in [1.29, 1.82) is 0 Å². The van der Waals surface area contributed by atoms with Gasteiger partial charge in [-0.1, -0.05) is 0 Å². The Hall–Kier alpha value is -1.84. The van der Waals surface area contributed by atoms with Crippen LogP contribution in [0.5, 0.6) is 0 Å². The highest BCUT2D eigenvalue weighted by Gasteiger charge is 2.27. The van der Waals surface area contributed by atoms with Crippen molar-refractivity contribution in [2.75, 3.05) is 13.1 Å². The van der Waals surface area contributed by atoms with Crippen LogP contribution >= 0.6 is 0 Å². The summed E-state index contributed by atoms with van der Waals surface area (Å²) in [5.74, 6) is -3.65. The lowest BCUT2D eigenvalue weighted by Gasteiger charge is -2.14. The summed E-state index contributed by atoms with van der Waals surface area (Å²) in [6.07, 6.45) is -5.31. The highest BCUT2D eigenvalue weighted by molar-refractivity contribution is 5.85. The molecule has 0 aliphatic rings. The number of carboxylic acid groups (broad SMARTS) is 2. The monoisotopic (exact) mass is 286 g/mol. The van der Waals surface area contributed by atoms with E-state index >= 15 is 0 Å². The maximum Gasteiger partial charge on any atom is 0.401 e. The van der Waals surface area contributed by atoms with E-state index < -0.39 is 49.6 Å². The molecule has 0 radical (unpaired) electrons. The summed E-state index contributed by atoms with van der Waals surface area (Å²) in [5, 5.41) is 20.8. The van der Waals surface area contributed by atoms with Gasteiger partial charge in [-0.15, -0.1) is 0 Å². The fraction of sp³-hybridized carbons (Fsp3) is 0.667. The first-order valence-electron chi connectivity index (χ1n) is 5.13. The zero-order valence-electron chi connectivity index (χ0n) is 9.66. The number of halogens is 3. The average Bonchev–Trinajstić information content (AvgIpc) is 2.21. The standard InChI is InChI=1S/C9H13F3N2O5/c10-9(11,12)4-13-3-6(15)14-5(8(18)19)1-2-7(16)17/h5,13H,1-4H2,(H,14,15)(H,16,17)(H,18,19)/t5-/m0/s1. The molecule has 0 aromatic heterocycles. The quantitative estimate of drug-likeness (QED) is 0.481. The van der Waals surface area contributed by atoms with Crippen LogP contribution in [0.2, 0.25) is 0 Å². The predicted molar refractivity (Wildman–Crippen MR) is 55.4 cm³/mol. The van der Waals surface area contributed by atoms with Crippen molar-refractivity contribution in [1.82, 2.24) is 10.6 Å². The maximum atomic E-state index is 11.8. The van der Waals surface area contributed by atoms with Crippen molar-refractivity contribution in [3.8, 4) is 0 Å². The summed E-state index contributed by atoms with van der Waals surface area (Å²) in [6.45, 7) is -2.09. The van der Waals surface area contributed by atoms with E-state index in [9.17, 15) is 27.6 Å². The first-order chi connectivity index (χ1) is 8.61. The molecule has 0 saturated carbocycles. The lowest BCUT2D eigenvalue weighted by Crippen LogP contribution is -2.46. The number of carbonyl (C=O) groups excluding carboxylic acids is 1. The predicted octanol–water partition coefficient (Wildman–Crippen LogP) is -0.428. The Morgan fingerprint density at radius 2 is 1.74 bits per heavy atom. The molecule has 0 heterocycles. The first-order valence-corrected chi connectivity index (χ1v) is 5.13. The Kier molecular flexibility index (Phi) is 6.83. The van der Waals surface area contributed by atoms with Crippen molar-refractivity contribution in [2.24, 2.45) is 0 Å². The molecule has 0 aromatic rings. The van der Waals surface area contributed by atoms with Crippen LogP contribution < -0.4 is 10.6 Å². The van der Waals surface area contributed by atoms with Gasteiger partial charge < -0.3 is 20.8 Å². The molecule has 1 atom stereocenters. The molecular weight excluding hydrogens is 273 g/mol. The van der Waals surface area contributed by atoms with Gasteiger partial charge in [-0.25, -0.2) is 4.79 Å². The lowest BCUT2D eigenvalue weighted by atomic mass is 10.1. The van der Waals surface area contributed by atoms with E-state index in [-0.39, 0.29) is 6.42 Å². The second kappa shape index (κ2) is 7.56. The van der Waals surface area contributed by atoms with Crippen LogP contribution in [0.1, 0.15) is 12.8 Å². The van der Waals surface area contributed by atoms with Crippen molar-refractivity contribution >= 4 is 17.8 Å².